The third-order valence-electron chi connectivity index (χ3n) is 5.00. The Labute approximate surface area is 165 Å². The number of benzene rings is 2. The molecule has 1 aliphatic rings. The molecule has 0 spiro atoms. The molecule has 1 fully saturated rings. The molecule has 3 rings (SSSR count). The lowest BCUT2D eigenvalue weighted by atomic mass is 10.0. The van der Waals surface area contributed by atoms with E-state index in [0.717, 1.165) is 38.0 Å². The van der Waals surface area contributed by atoms with Crippen molar-refractivity contribution in [1.82, 2.24) is 10.2 Å². The van der Waals surface area contributed by atoms with Crippen molar-refractivity contribution in [3.63, 3.8) is 0 Å². The molecule has 0 saturated carbocycles. The van der Waals surface area contributed by atoms with Gasteiger partial charge in [-0.3, -0.25) is 15.0 Å². The Kier molecular flexibility index (Phi) is 7.03. The SMILES string of the molecule is COc1ccc([C@H]2CCCCCN2CC(=O)NC(=O)Nc2ccccc2)cc1. The standard InChI is InChI=1S/C22H27N3O3/c1-28-19-13-11-17(12-14-19)20-10-6-3-7-15-25(20)16-21(26)24-22(27)23-18-8-4-2-5-9-18/h2,4-5,8-9,11-14,20H,3,6-7,10,15-16H2,1H3,(H2,23,24,26,27)/t20-/m1/s1. The average Bonchev–Trinajstić information content (AvgIpc) is 2.94. The molecule has 148 valence electrons. The molecule has 1 atom stereocenters. The van der Waals surface area contributed by atoms with Crippen molar-refractivity contribution in [2.24, 2.45) is 0 Å². The third-order valence-corrected chi connectivity index (χ3v) is 5.00. The first-order valence-corrected chi connectivity index (χ1v) is 9.69. The van der Waals surface area contributed by atoms with E-state index in [-0.39, 0.29) is 18.5 Å². The number of carbonyl (C=O) groups is 2. The summed E-state index contributed by atoms with van der Waals surface area (Å²) in [7, 11) is 1.65. The zero-order valence-electron chi connectivity index (χ0n) is 16.2. The molecule has 3 amide bonds. The maximum Gasteiger partial charge on any atom is 0.325 e. The van der Waals surface area contributed by atoms with Crippen LogP contribution in [-0.2, 0) is 4.79 Å². The highest BCUT2D eigenvalue weighted by Crippen LogP contribution is 2.30. The lowest BCUT2D eigenvalue weighted by Crippen LogP contribution is -2.43. The van der Waals surface area contributed by atoms with Gasteiger partial charge in [0.1, 0.15) is 5.75 Å². The molecule has 6 heteroatoms. The van der Waals surface area contributed by atoms with E-state index in [4.69, 9.17) is 4.74 Å². The van der Waals surface area contributed by atoms with Crippen molar-refractivity contribution in [3.8, 4) is 5.75 Å². The van der Waals surface area contributed by atoms with Gasteiger partial charge in [0.25, 0.3) is 0 Å². The number of nitrogens with one attached hydrogen (secondary N) is 2. The van der Waals surface area contributed by atoms with Crippen molar-refractivity contribution >= 4 is 17.6 Å². The topological polar surface area (TPSA) is 70.7 Å². The number of nitrogens with zero attached hydrogens (tertiary/aromatic N) is 1. The maximum atomic E-state index is 12.5. The molecule has 0 aliphatic carbocycles. The van der Waals surface area contributed by atoms with E-state index in [2.05, 4.69) is 27.7 Å². The van der Waals surface area contributed by atoms with Crippen LogP contribution in [0.1, 0.15) is 37.3 Å². The first-order valence-electron chi connectivity index (χ1n) is 9.69. The first kappa shape index (κ1) is 19.9. The average molecular weight is 381 g/mol. The minimum atomic E-state index is -0.507. The zero-order valence-corrected chi connectivity index (χ0v) is 16.2. The van der Waals surface area contributed by atoms with Gasteiger partial charge in [0.05, 0.1) is 13.7 Å². The second kappa shape index (κ2) is 9.90. The van der Waals surface area contributed by atoms with Crippen LogP contribution in [0.2, 0.25) is 0 Å². The van der Waals surface area contributed by atoms with Gasteiger partial charge in [-0.05, 0) is 49.2 Å². The molecule has 0 unspecified atom stereocenters. The van der Waals surface area contributed by atoms with Crippen molar-refractivity contribution in [3.05, 3.63) is 60.2 Å². The van der Waals surface area contributed by atoms with Gasteiger partial charge in [-0.1, -0.05) is 43.2 Å². The van der Waals surface area contributed by atoms with Crippen molar-refractivity contribution in [1.29, 1.82) is 0 Å². The van der Waals surface area contributed by atoms with Gasteiger partial charge in [-0.15, -0.1) is 0 Å². The van der Waals surface area contributed by atoms with Crippen LogP contribution in [0, 0.1) is 0 Å². The lowest BCUT2D eigenvalue weighted by molar-refractivity contribution is -0.121. The Morgan fingerprint density at radius 2 is 1.79 bits per heavy atom. The number of ether oxygens (including phenoxy) is 1. The fraction of sp³-hybridized carbons (Fsp3) is 0.364. The molecule has 1 heterocycles. The number of hydrogen-bond donors (Lipinski definition) is 2. The number of rotatable bonds is 5. The van der Waals surface area contributed by atoms with Gasteiger partial charge in [-0.2, -0.15) is 0 Å². The maximum absolute atomic E-state index is 12.5. The molecule has 2 aromatic rings. The van der Waals surface area contributed by atoms with Crippen LogP contribution < -0.4 is 15.4 Å². The summed E-state index contributed by atoms with van der Waals surface area (Å²) in [5.41, 5.74) is 1.82. The van der Waals surface area contributed by atoms with Gasteiger partial charge in [0.15, 0.2) is 0 Å². The molecule has 28 heavy (non-hydrogen) atoms. The number of hydrogen-bond acceptors (Lipinski definition) is 4. The number of methoxy groups -OCH3 is 1. The summed E-state index contributed by atoms with van der Waals surface area (Å²) < 4.78 is 5.24. The highest BCUT2D eigenvalue weighted by atomic mass is 16.5. The highest BCUT2D eigenvalue weighted by molar-refractivity contribution is 6.01. The van der Waals surface area contributed by atoms with Crippen LogP contribution >= 0.6 is 0 Å². The Bertz CT molecular complexity index is 777. The summed E-state index contributed by atoms with van der Waals surface area (Å²) in [6.45, 7) is 1.03. The van der Waals surface area contributed by atoms with E-state index in [1.165, 1.54) is 5.56 Å². The smallest absolute Gasteiger partial charge is 0.325 e. The molecular weight excluding hydrogens is 354 g/mol. The van der Waals surface area contributed by atoms with Crippen LogP contribution in [0.5, 0.6) is 5.75 Å². The van der Waals surface area contributed by atoms with Crippen LogP contribution in [-0.4, -0.2) is 37.0 Å². The Morgan fingerprint density at radius 1 is 1.04 bits per heavy atom. The van der Waals surface area contributed by atoms with Gasteiger partial charge in [0.2, 0.25) is 5.91 Å². The molecule has 2 aromatic carbocycles. The van der Waals surface area contributed by atoms with Gasteiger partial charge in [0, 0.05) is 11.7 Å². The number of urea groups is 1. The van der Waals surface area contributed by atoms with Crippen LogP contribution in [0.4, 0.5) is 10.5 Å². The minimum absolute atomic E-state index is 0.163. The first-order chi connectivity index (χ1) is 13.7. The summed E-state index contributed by atoms with van der Waals surface area (Å²) in [5, 5.41) is 5.11. The molecule has 1 aliphatic heterocycles. The predicted molar refractivity (Wildman–Crippen MR) is 109 cm³/mol. The molecule has 0 aromatic heterocycles. The quantitative estimate of drug-likeness (QED) is 0.822. The number of likely N-dealkylation sites (tertiary alicyclic amines) is 1. The number of amides is 3. The lowest BCUT2D eigenvalue weighted by Gasteiger charge is -2.29. The van der Waals surface area contributed by atoms with E-state index >= 15 is 0 Å². The van der Waals surface area contributed by atoms with Gasteiger partial charge in [-0.25, -0.2) is 4.79 Å². The normalized spacial score (nSPS) is 17.4. The second-order valence-electron chi connectivity index (χ2n) is 6.98. The minimum Gasteiger partial charge on any atom is -0.497 e. The van der Waals surface area contributed by atoms with E-state index in [1.54, 1.807) is 19.2 Å². The zero-order chi connectivity index (χ0) is 19.8. The van der Waals surface area contributed by atoms with Crippen LogP contribution in [0.25, 0.3) is 0 Å². The second-order valence-corrected chi connectivity index (χ2v) is 6.98. The highest BCUT2D eigenvalue weighted by Gasteiger charge is 2.25. The summed E-state index contributed by atoms with van der Waals surface area (Å²) in [6, 6.07) is 16.7. The Hall–Kier alpha value is -2.86. The summed E-state index contributed by atoms with van der Waals surface area (Å²) in [5.74, 6) is 0.521. The van der Waals surface area contributed by atoms with E-state index in [1.807, 2.05) is 30.3 Å². The van der Waals surface area contributed by atoms with Crippen molar-refractivity contribution < 1.29 is 14.3 Å². The molecule has 6 nitrogen and oxygen atoms in total. The fourth-order valence-electron chi connectivity index (χ4n) is 3.60. The predicted octanol–water partition coefficient (Wildman–Crippen LogP) is 3.96. The molecular formula is C22H27N3O3. The van der Waals surface area contributed by atoms with Gasteiger partial charge < -0.3 is 10.1 Å². The Morgan fingerprint density at radius 3 is 2.50 bits per heavy atom. The number of imide groups is 1. The van der Waals surface area contributed by atoms with Gasteiger partial charge >= 0.3 is 6.03 Å². The molecule has 0 bridgehead atoms. The van der Waals surface area contributed by atoms with Crippen LogP contribution in [0.3, 0.4) is 0 Å². The van der Waals surface area contributed by atoms with Crippen LogP contribution in [0.15, 0.2) is 54.6 Å². The number of para-hydroxylation sites is 1. The van der Waals surface area contributed by atoms with E-state index in [9.17, 15) is 9.59 Å². The van der Waals surface area contributed by atoms with E-state index in [0.29, 0.717) is 5.69 Å². The molecule has 1 saturated heterocycles. The van der Waals surface area contributed by atoms with Crippen molar-refractivity contribution in [2.45, 2.75) is 31.7 Å². The molecule has 2 N–H and O–H groups in total. The third kappa shape index (κ3) is 5.57. The summed E-state index contributed by atoms with van der Waals surface area (Å²) in [4.78, 5) is 26.7. The summed E-state index contributed by atoms with van der Waals surface area (Å²) >= 11 is 0. The van der Waals surface area contributed by atoms with Crippen molar-refractivity contribution in [2.75, 3.05) is 25.5 Å². The van der Waals surface area contributed by atoms with E-state index < -0.39 is 6.03 Å². The monoisotopic (exact) mass is 381 g/mol. The number of carbonyl (C=O) groups excluding carboxylic acids is 2. The molecule has 0 radical (unpaired) electrons. The fourth-order valence-corrected chi connectivity index (χ4v) is 3.60. The summed E-state index contributed by atoms with van der Waals surface area (Å²) in [6.07, 6.45) is 4.33. The number of anilines is 1. The largest absolute Gasteiger partial charge is 0.497 e. The Balaban J connectivity index is 1.61.